The smallest absolute Gasteiger partial charge is 0.337 e. The van der Waals surface area contributed by atoms with Crippen molar-refractivity contribution in [2.24, 2.45) is 0 Å². The van der Waals surface area contributed by atoms with Gasteiger partial charge in [0.15, 0.2) is 5.11 Å². The highest BCUT2D eigenvalue weighted by Crippen LogP contribution is 2.14. The molecule has 5 heteroatoms. The number of methoxy groups -OCH3 is 1. The molecule has 0 bridgehead atoms. The van der Waals surface area contributed by atoms with E-state index in [1.54, 1.807) is 12.1 Å². The van der Waals surface area contributed by atoms with Crippen LogP contribution in [0.3, 0.4) is 0 Å². The van der Waals surface area contributed by atoms with Gasteiger partial charge in [-0.25, -0.2) is 4.79 Å². The first-order valence-corrected chi connectivity index (χ1v) is 6.86. The first-order chi connectivity index (χ1) is 9.20. The summed E-state index contributed by atoms with van der Waals surface area (Å²) < 4.78 is 4.66. The molecule has 0 aliphatic carbocycles. The zero-order valence-corrected chi connectivity index (χ0v) is 11.8. The van der Waals surface area contributed by atoms with Crippen molar-refractivity contribution in [3.63, 3.8) is 0 Å². The third-order valence-corrected chi connectivity index (χ3v) is 3.56. The maximum atomic E-state index is 11.3. The van der Waals surface area contributed by atoms with Gasteiger partial charge in [0, 0.05) is 18.8 Å². The van der Waals surface area contributed by atoms with Gasteiger partial charge in [-0.15, -0.1) is 0 Å². The summed E-state index contributed by atoms with van der Waals surface area (Å²) in [5.74, 6) is -0.329. The fourth-order valence-corrected chi connectivity index (χ4v) is 2.41. The molecule has 0 aromatic heterocycles. The second-order valence-electron chi connectivity index (χ2n) is 4.55. The second-order valence-corrected chi connectivity index (χ2v) is 4.93. The van der Waals surface area contributed by atoms with Crippen molar-refractivity contribution >= 4 is 29.0 Å². The lowest BCUT2D eigenvalue weighted by atomic mass is 10.1. The lowest BCUT2D eigenvalue weighted by molar-refractivity contribution is 0.0601. The van der Waals surface area contributed by atoms with Gasteiger partial charge in [-0.2, -0.15) is 0 Å². The summed E-state index contributed by atoms with van der Waals surface area (Å²) >= 11 is 5.39. The summed E-state index contributed by atoms with van der Waals surface area (Å²) in [6, 6.07) is 7.13. The Labute approximate surface area is 118 Å². The number of nitrogens with zero attached hydrogens (tertiary/aromatic N) is 1. The van der Waals surface area contributed by atoms with Crippen LogP contribution in [0.15, 0.2) is 24.3 Å². The van der Waals surface area contributed by atoms with E-state index in [9.17, 15) is 4.79 Å². The quantitative estimate of drug-likeness (QED) is 0.665. The van der Waals surface area contributed by atoms with Crippen LogP contribution in [0.1, 0.15) is 29.6 Å². The number of carbonyl (C=O) groups is 1. The van der Waals surface area contributed by atoms with Crippen molar-refractivity contribution in [2.45, 2.75) is 19.3 Å². The number of piperidine rings is 1. The van der Waals surface area contributed by atoms with E-state index in [4.69, 9.17) is 12.2 Å². The molecule has 1 aliphatic heterocycles. The summed E-state index contributed by atoms with van der Waals surface area (Å²) in [7, 11) is 1.37. The van der Waals surface area contributed by atoms with E-state index >= 15 is 0 Å². The molecule has 1 fully saturated rings. The molecule has 0 spiro atoms. The van der Waals surface area contributed by atoms with Crippen molar-refractivity contribution in [1.29, 1.82) is 0 Å². The highest BCUT2D eigenvalue weighted by molar-refractivity contribution is 7.80. The summed E-state index contributed by atoms with van der Waals surface area (Å²) in [4.78, 5) is 13.5. The SMILES string of the molecule is COC(=O)c1ccc(NC(=S)N2CCCCC2)cc1. The first kappa shape index (κ1) is 13.8. The van der Waals surface area contributed by atoms with Gasteiger partial charge >= 0.3 is 5.97 Å². The van der Waals surface area contributed by atoms with Crippen LogP contribution in [-0.4, -0.2) is 36.2 Å². The Morgan fingerprint density at radius 2 is 1.84 bits per heavy atom. The number of hydrogen-bond donors (Lipinski definition) is 1. The molecule has 4 nitrogen and oxygen atoms in total. The number of likely N-dealkylation sites (tertiary alicyclic amines) is 1. The van der Waals surface area contributed by atoms with Gasteiger partial charge in [0.25, 0.3) is 0 Å². The average Bonchev–Trinajstić information content (AvgIpc) is 2.48. The van der Waals surface area contributed by atoms with Gasteiger partial charge in [-0.3, -0.25) is 0 Å². The van der Waals surface area contributed by atoms with Crippen molar-refractivity contribution in [3.05, 3.63) is 29.8 Å². The van der Waals surface area contributed by atoms with E-state index in [0.29, 0.717) is 5.56 Å². The molecular formula is C14H18N2O2S. The maximum Gasteiger partial charge on any atom is 0.337 e. The molecule has 1 aromatic rings. The van der Waals surface area contributed by atoms with E-state index < -0.39 is 0 Å². The van der Waals surface area contributed by atoms with Crippen LogP contribution in [0.2, 0.25) is 0 Å². The Morgan fingerprint density at radius 3 is 2.42 bits per heavy atom. The van der Waals surface area contributed by atoms with Crippen molar-refractivity contribution in [1.82, 2.24) is 4.90 Å². The van der Waals surface area contributed by atoms with Crippen LogP contribution in [0.5, 0.6) is 0 Å². The Hall–Kier alpha value is -1.62. The van der Waals surface area contributed by atoms with Crippen LogP contribution in [0.25, 0.3) is 0 Å². The van der Waals surface area contributed by atoms with Gasteiger partial charge < -0.3 is 15.0 Å². The van der Waals surface area contributed by atoms with E-state index in [2.05, 4.69) is 15.0 Å². The predicted molar refractivity (Wildman–Crippen MR) is 79.4 cm³/mol. The van der Waals surface area contributed by atoms with Crippen LogP contribution in [0.4, 0.5) is 5.69 Å². The minimum atomic E-state index is -0.329. The third-order valence-electron chi connectivity index (χ3n) is 3.20. The van der Waals surface area contributed by atoms with Crippen LogP contribution < -0.4 is 5.32 Å². The van der Waals surface area contributed by atoms with Crippen LogP contribution in [0, 0.1) is 0 Å². The van der Waals surface area contributed by atoms with Gasteiger partial charge in [0.1, 0.15) is 0 Å². The molecule has 0 unspecified atom stereocenters. The average molecular weight is 278 g/mol. The van der Waals surface area contributed by atoms with E-state index in [-0.39, 0.29) is 5.97 Å². The number of carbonyl (C=O) groups excluding carboxylic acids is 1. The standard InChI is InChI=1S/C14H18N2O2S/c1-18-13(17)11-5-7-12(8-6-11)15-14(19)16-9-3-2-4-10-16/h5-8H,2-4,9-10H2,1H3,(H,15,19). The number of ether oxygens (including phenoxy) is 1. The molecule has 0 saturated carbocycles. The van der Waals surface area contributed by atoms with Crippen molar-refractivity contribution in [3.8, 4) is 0 Å². The largest absolute Gasteiger partial charge is 0.465 e. The number of nitrogens with one attached hydrogen (secondary N) is 1. The molecule has 102 valence electrons. The minimum absolute atomic E-state index is 0.329. The van der Waals surface area contributed by atoms with Gasteiger partial charge in [-0.1, -0.05) is 0 Å². The zero-order chi connectivity index (χ0) is 13.7. The molecule has 0 amide bonds. The Balaban J connectivity index is 1.95. The Kier molecular flexibility index (Phi) is 4.74. The fourth-order valence-electron chi connectivity index (χ4n) is 2.11. The van der Waals surface area contributed by atoms with E-state index in [1.807, 2.05) is 12.1 Å². The number of benzene rings is 1. The molecular weight excluding hydrogens is 260 g/mol. The van der Waals surface area contributed by atoms with Crippen molar-refractivity contribution in [2.75, 3.05) is 25.5 Å². The molecule has 19 heavy (non-hydrogen) atoms. The minimum Gasteiger partial charge on any atom is -0.465 e. The Bertz CT molecular complexity index is 453. The fraction of sp³-hybridized carbons (Fsp3) is 0.429. The normalized spacial score (nSPS) is 14.9. The maximum absolute atomic E-state index is 11.3. The van der Waals surface area contributed by atoms with Crippen molar-refractivity contribution < 1.29 is 9.53 Å². The number of anilines is 1. The van der Waals surface area contributed by atoms with Gasteiger partial charge in [-0.05, 0) is 55.7 Å². The topological polar surface area (TPSA) is 41.6 Å². The number of esters is 1. The molecule has 0 atom stereocenters. The predicted octanol–water partition coefficient (Wildman–Crippen LogP) is 2.66. The molecule has 1 aliphatic rings. The molecule has 1 aromatic carbocycles. The summed E-state index contributed by atoms with van der Waals surface area (Å²) in [5.41, 5.74) is 1.43. The van der Waals surface area contributed by atoms with Gasteiger partial charge in [0.2, 0.25) is 0 Å². The number of hydrogen-bond acceptors (Lipinski definition) is 3. The third kappa shape index (κ3) is 3.67. The summed E-state index contributed by atoms with van der Waals surface area (Å²) in [5, 5.41) is 3.96. The summed E-state index contributed by atoms with van der Waals surface area (Å²) in [6.45, 7) is 2.04. The lowest BCUT2D eigenvalue weighted by Gasteiger charge is -2.29. The highest BCUT2D eigenvalue weighted by Gasteiger charge is 2.13. The van der Waals surface area contributed by atoms with E-state index in [1.165, 1.54) is 26.4 Å². The first-order valence-electron chi connectivity index (χ1n) is 6.45. The van der Waals surface area contributed by atoms with Crippen LogP contribution >= 0.6 is 12.2 Å². The zero-order valence-electron chi connectivity index (χ0n) is 11.0. The second kappa shape index (κ2) is 6.52. The molecule has 2 rings (SSSR count). The lowest BCUT2D eigenvalue weighted by Crippen LogP contribution is -2.38. The monoisotopic (exact) mass is 278 g/mol. The molecule has 1 heterocycles. The van der Waals surface area contributed by atoms with Crippen LogP contribution in [-0.2, 0) is 4.74 Å². The molecule has 1 N–H and O–H groups in total. The summed E-state index contributed by atoms with van der Waals surface area (Å²) in [6.07, 6.45) is 3.68. The molecule has 1 saturated heterocycles. The Morgan fingerprint density at radius 1 is 1.21 bits per heavy atom. The van der Waals surface area contributed by atoms with E-state index in [0.717, 1.165) is 23.9 Å². The molecule has 0 radical (unpaired) electrons. The highest BCUT2D eigenvalue weighted by atomic mass is 32.1. The number of rotatable bonds is 2. The van der Waals surface area contributed by atoms with Gasteiger partial charge in [0.05, 0.1) is 12.7 Å². The number of thiocarbonyl (C=S) groups is 1.